The molecule has 0 bridgehead atoms. The quantitative estimate of drug-likeness (QED) is 0.669. The molecule has 1 fully saturated rings. The smallest absolute Gasteiger partial charge is 0.240 e. The summed E-state index contributed by atoms with van der Waals surface area (Å²) in [4.78, 5) is 24.0. The molecule has 1 heterocycles. The number of nitrogens with zero attached hydrogens (tertiary/aromatic N) is 1. The van der Waals surface area contributed by atoms with Gasteiger partial charge in [0.25, 0.3) is 0 Å². The van der Waals surface area contributed by atoms with Crippen molar-refractivity contribution in [1.29, 1.82) is 0 Å². The molecule has 1 aliphatic rings. The van der Waals surface area contributed by atoms with E-state index >= 15 is 0 Å². The average Bonchev–Trinajstić information content (AvgIpc) is 2.16. The minimum atomic E-state index is -0.374. The normalized spacial score (nSPS) is 22.8. The van der Waals surface area contributed by atoms with Crippen LogP contribution in [0.3, 0.4) is 0 Å². The Kier molecular flexibility index (Phi) is 3.28. The van der Waals surface area contributed by atoms with Crippen molar-refractivity contribution in [2.75, 3.05) is 6.54 Å². The predicted molar refractivity (Wildman–Crippen MR) is 48.8 cm³/mol. The van der Waals surface area contributed by atoms with Gasteiger partial charge < -0.3 is 10.6 Å². The van der Waals surface area contributed by atoms with E-state index in [4.69, 9.17) is 5.73 Å². The van der Waals surface area contributed by atoms with E-state index in [9.17, 15) is 9.59 Å². The lowest BCUT2D eigenvalue weighted by atomic mass is 10.0. The minimum absolute atomic E-state index is 0.0310. The molecule has 0 radical (unpaired) electrons. The number of amides is 2. The number of likely N-dealkylation sites (tertiary alicyclic amines) is 1. The van der Waals surface area contributed by atoms with Crippen LogP contribution in [0.15, 0.2) is 0 Å². The van der Waals surface area contributed by atoms with Crippen LogP contribution >= 0.6 is 0 Å². The van der Waals surface area contributed by atoms with Gasteiger partial charge in [0, 0.05) is 13.0 Å². The molecule has 0 aromatic heterocycles. The van der Waals surface area contributed by atoms with E-state index in [1.165, 1.54) is 0 Å². The Bertz CT molecular complexity index is 216. The number of carbonyl (C=O) groups is 2. The van der Waals surface area contributed by atoms with Gasteiger partial charge in [0.05, 0.1) is 0 Å². The van der Waals surface area contributed by atoms with E-state index in [1.807, 2.05) is 0 Å². The molecular weight excluding hydrogens is 168 g/mol. The van der Waals surface area contributed by atoms with E-state index in [-0.39, 0.29) is 17.9 Å². The number of piperidine rings is 1. The van der Waals surface area contributed by atoms with Crippen molar-refractivity contribution in [2.24, 2.45) is 5.73 Å². The molecule has 0 spiro atoms. The monoisotopic (exact) mass is 184 g/mol. The molecule has 1 saturated heterocycles. The molecule has 4 nitrogen and oxygen atoms in total. The maximum atomic E-state index is 11.4. The van der Waals surface area contributed by atoms with Gasteiger partial charge >= 0.3 is 0 Å². The Morgan fingerprint density at radius 1 is 1.46 bits per heavy atom. The largest absolute Gasteiger partial charge is 0.368 e. The molecule has 4 heteroatoms. The topological polar surface area (TPSA) is 63.4 Å². The number of primary amides is 1. The molecule has 2 amide bonds. The molecular formula is C9H16N2O2. The third-order valence-electron chi connectivity index (χ3n) is 2.45. The van der Waals surface area contributed by atoms with Crippen molar-refractivity contribution >= 4 is 11.8 Å². The lowest BCUT2D eigenvalue weighted by molar-refractivity contribution is -0.140. The van der Waals surface area contributed by atoms with Crippen molar-refractivity contribution in [3.05, 3.63) is 0 Å². The standard InChI is InChI=1S/C9H16N2O2/c1-2-8(12)11-6-4-3-5-7(11)9(10)13/h7H,2-6H2,1H3,(H2,10,13)/t7-/m0/s1. The number of rotatable bonds is 2. The van der Waals surface area contributed by atoms with E-state index in [1.54, 1.807) is 11.8 Å². The molecule has 13 heavy (non-hydrogen) atoms. The van der Waals surface area contributed by atoms with Crippen LogP contribution in [0.5, 0.6) is 0 Å². The summed E-state index contributed by atoms with van der Waals surface area (Å²) in [5.41, 5.74) is 5.22. The molecule has 0 saturated carbocycles. The van der Waals surface area contributed by atoms with Gasteiger partial charge in [-0.15, -0.1) is 0 Å². The van der Waals surface area contributed by atoms with Crippen LogP contribution in [0, 0.1) is 0 Å². The van der Waals surface area contributed by atoms with E-state index in [0.29, 0.717) is 13.0 Å². The predicted octanol–water partition coefficient (Wildman–Crippen LogP) is 0.263. The fraction of sp³-hybridized carbons (Fsp3) is 0.778. The summed E-state index contributed by atoms with van der Waals surface area (Å²) in [5.74, 6) is -0.343. The van der Waals surface area contributed by atoms with Gasteiger partial charge in [0.15, 0.2) is 0 Å². The lowest BCUT2D eigenvalue weighted by Gasteiger charge is -2.33. The molecule has 0 aromatic carbocycles. The lowest BCUT2D eigenvalue weighted by Crippen LogP contribution is -2.50. The highest BCUT2D eigenvalue weighted by Gasteiger charge is 2.29. The first kappa shape index (κ1) is 10.0. The Morgan fingerprint density at radius 2 is 2.15 bits per heavy atom. The Labute approximate surface area is 78.1 Å². The van der Waals surface area contributed by atoms with Gasteiger partial charge in [-0.3, -0.25) is 9.59 Å². The van der Waals surface area contributed by atoms with Gasteiger partial charge in [-0.2, -0.15) is 0 Å². The van der Waals surface area contributed by atoms with Crippen LogP contribution in [0.4, 0.5) is 0 Å². The average molecular weight is 184 g/mol. The van der Waals surface area contributed by atoms with Crippen LogP contribution in [0.2, 0.25) is 0 Å². The maximum absolute atomic E-state index is 11.4. The number of nitrogens with two attached hydrogens (primary N) is 1. The van der Waals surface area contributed by atoms with Crippen molar-refractivity contribution < 1.29 is 9.59 Å². The van der Waals surface area contributed by atoms with Gasteiger partial charge in [-0.1, -0.05) is 6.92 Å². The summed E-state index contributed by atoms with van der Waals surface area (Å²) in [6.07, 6.45) is 3.14. The van der Waals surface area contributed by atoms with E-state index < -0.39 is 0 Å². The molecule has 2 N–H and O–H groups in total. The zero-order valence-corrected chi connectivity index (χ0v) is 7.95. The number of hydrogen-bond acceptors (Lipinski definition) is 2. The van der Waals surface area contributed by atoms with Crippen molar-refractivity contribution in [2.45, 2.75) is 38.6 Å². The molecule has 1 atom stereocenters. The SMILES string of the molecule is CCC(=O)N1CCCC[C@H]1C(N)=O. The van der Waals surface area contributed by atoms with Crippen molar-refractivity contribution in [3.8, 4) is 0 Å². The summed E-state index contributed by atoms with van der Waals surface area (Å²) >= 11 is 0. The fourth-order valence-corrected chi connectivity index (χ4v) is 1.73. The second-order valence-electron chi connectivity index (χ2n) is 3.35. The highest BCUT2D eigenvalue weighted by molar-refractivity contribution is 5.86. The molecule has 0 aliphatic carbocycles. The first-order chi connectivity index (χ1) is 6.16. The van der Waals surface area contributed by atoms with Gasteiger partial charge in [-0.05, 0) is 19.3 Å². The van der Waals surface area contributed by atoms with E-state index in [0.717, 1.165) is 19.3 Å². The maximum Gasteiger partial charge on any atom is 0.240 e. The fourth-order valence-electron chi connectivity index (χ4n) is 1.73. The van der Waals surface area contributed by atoms with Crippen LogP contribution in [-0.4, -0.2) is 29.3 Å². The molecule has 74 valence electrons. The Balaban J connectivity index is 2.67. The van der Waals surface area contributed by atoms with Crippen molar-refractivity contribution in [1.82, 2.24) is 4.90 Å². The number of carbonyl (C=O) groups excluding carboxylic acids is 2. The van der Waals surface area contributed by atoms with Gasteiger partial charge in [-0.25, -0.2) is 0 Å². The zero-order valence-electron chi connectivity index (χ0n) is 7.95. The first-order valence-corrected chi connectivity index (χ1v) is 4.75. The summed E-state index contributed by atoms with van der Waals surface area (Å²) in [6.45, 7) is 2.48. The second-order valence-corrected chi connectivity index (χ2v) is 3.35. The molecule has 1 aliphatic heterocycles. The summed E-state index contributed by atoms with van der Waals surface area (Å²) < 4.78 is 0. The van der Waals surface area contributed by atoms with Crippen molar-refractivity contribution in [3.63, 3.8) is 0 Å². The number of hydrogen-bond donors (Lipinski definition) is 1. The summed E-state index contributed by atoms with van der Waals surface area (Å²) in [7, 11) is 0. The molecule has 0 unspecified atom stereocenters. The van der Waals surface area contributed by atoms with Gasteiger partial charge in [0.1, 0.15) is 6.04 Å². The first-order valence-electron chi connectivity index (χ1n) is 4.75. The Hall–Kier alpha value is -1.06. The minimum Gasteiger partial charge on any atom is -0.368 e. The van der Waals surface area contributed by atoms with Crippen LogP contribution in [0.25, 0.3) is 0 Å². The third-order valence-corrected chi connectivity index (χ3v) is 2.45. The van der Waals surface area contributed by atoms with Crippen LogP contribution in [-0.2, 0) is 9.59 Å². The molecule has 1 rings (SSSR count). The highest BCUT2D eigenvalue weighted by atomic mass is 16.2. The summed E-state index contributed by atoms with van der Waals surface area (Å²) in [5, 5.41) is 0. The molecule has 0 aromatic rings. The highest BCUT2D eigenvalue weighted by Crippen LogP contribution is 2.17. The Morgan fingerprint density at radius 3 is 2.69 bits per heavy atom. The van der Waals surface area contributed by atoms with Crippen LogP contribution < -0.4 is 5.73 Å². The van der Waals surface area contributed by atoms with Gasteiger partial charge in [0.2, 0.25) is 11.8 Å². The van der Waals surface area contributed by atoms with Crippen LogP contribution in [0.1, 0.15) is 32.6 Å². The van der Waals surface area contributed by atoms with E-state index in [2.05, 4.69) is 0 Å². The third kappa shape index (κ3) is 2.20. The summed E-state index contributed by atoms with van der Waals surface area (Å²) in [6, 6.07) is -0.360. The zero-order chi connectivity index (χ0) is 9.84. The second kappa shape index (κ2) is 4.25.